The molecule has 87 valence electrons. The molecule has 0 aliphatic heterocycles. The highest BCUT2D eigenvalue weighted by Gasteiger charge is 1.95. The van der Waals surface area contributed by atoms with Gasteiger partial charge in [-0.15, -0.1) is 0 Å². The van der Waals surface area contributed by atoms with Gasteiger partial charge in [0.25, 0.3) is 0 Å². The van der Waals surface area contributed by atoms with E-state index in [0.29, 0.717) is 0 Å². The predicted octanol–water partition coefficient (Wildman–Crippen LogP) is 4.36. The van der Waals surface area contributed by atoms with Gasteiger partial charge in [-0.2, -0.15) is 0 Å². The van der Waals surface area contributed by atoms with Gasteiger partial charge in [0.05, 0.1) is 0 Å². The van der Waals surface area contributed by atoms with Gasteiger partial charge in [-0.3, -0.25) is 0 Å². The number of unbranched alkanes of at least 4 members (excludes halogenated alkanes) is 1. The van der Waals surface area contributed by atoms with Crippen LogP contribution in [0.5, 0.6) is 0 Å². The van der Waals surface area contributed by atoms with Crippen molar-refractivity contribution in [2.75, 3.05) is 0 Å². The minimum absolute atomic E-state index is 1.18. The molecule has 0 nitrogen and oxygen atoms in total. The zero-order valence-corrected chi connectivity index (χ0v) is 10.4. The molecule has 17 heavy (non-hydrogen) atoms. The monoisotopic (exact) mass is 223 g/mol. The highest BCUT2D eigenvalue weighted by molar-refractivity contribution is 5.21. The first kappa shape index (κ1) is 11.9. The highest BCUT2D eigenvalue weighted by Crippen LogP contribution is 2.09. The van der Waals surface area contributed by atoms with Crippen molar-refractivity contribution < 1.29 is 0 Å². The number of benzene rings is 2. The fraction of sp³-hybridized carbons (Fsp3) is 0.294. The van der Waals surface area contributed by atoms with Crippen LogP contribution >= 0.6 is 0 Å². The van der Waals surface area contributed by atoms with Gasteiger partial charge in [-0.1, -0.05) is 54.1 Å². The fourth-order valence-corrected chi connectivity index (χ4v) is 2.00. The molecule has 0 spiro atoms. The average Bonchev–Trinajstić information content (AvgIpc) is 2.38. The fourth-order valence-electron chi connectivity index (χ4n) is 2.00. The molecular formula is C17H19. The molecule has 0 aliphatic carbocycles. The number of rotatable bonds is 5. The quantitative estimate of drug-likeness (QED) is 0.661. The van der Waals surface area contributed by atoms with Crippen molar-refractivity contribution in [1.82, 2.24) is 0 Å². The van der Waals surface area contributed by atoms with E-state index in [0.717, 1.165) is 0 Å². The van der Waals surface area contributed by atoms with Crippen molar-refractivity contribution >= 4 is 0 Å². The Balaban J connectivity index is 1.71. The Kier molecular flexibility index (Phi) is 4.37. The third kappa shape index (κ3) is 4.07. The van der Waals surface area contributed by atoms with Crippen molar-refractivity contribution in [3.05, 3.63) is 71.3 Å². The summed E-state index contributed by atoms with van der Waals surface area (Å²) in [5, 5.41) is 0. The summed E-state index contributed by atoms with van der Waals surface area (Å²) in [6.07, 6.45) is 4.90. The van der Waals surface area contributed by atoms with Crippen molar-refractivity contribution in [3.63, 3.8) is 0 Å². The lowest BCUT2D eigenvalue weighted by molar-refractivity contribution is 0.734. The molecule has 0 atom stereocenters. The van der Waals surface area contributed by atoms with Gasteiger partial charge in [0, 0.05) is 0 Å². The maximum Gasteiger partial charge on any atom is -0.0184 e. The maximum atomic E-state index is 3.05. The molecule has 0 saturated heterocycles. The third-order valence-corrected chi connectivity index (χ3v) is 3.09. The Morgan fingerprint density at radius 3 is 1.88 bits per heavy atom. The number of aryl methyl sites for hydroxylation is 3. The molecule has 2 aromatic carbocycles. The minimum Gasteiger partial charge on any atom is -0.0591 e. The highest BCUT2D eigenvalue weighted by atomic mass is 14.0. The summed E-state index contributed by atoms with van der Waals surface area (Å²) in [7, 11) is 0. The largest absolute Gasteiger partial charge is 0.0591 e. The van der Waals surface area contributed by atoms with Crippen LogP contribution in [-0.2, 0) is 12.8 Å². The van der Waals surface area contributed by atoms with E-state index in [-0.39, 0.29) is 0 Å². The molecule has 0 saturated carbocycles. The molecule has 0 aromatic heterocycles. The molecule has 0 aliphatic rings. The van der Waals surface area contributed by atoms with Crippen LogP contribution < -0.4 is 0 Å². The second-order valence-corrected chi connectivity index (χ2v) is 4.60. The van der Waals surface area contributed by atoms with Gasteiger partial charge in [0.2, 0.25) is 0 Å². The zero-order chi connectivity index (χ0) is 11.9. The van der Waals surface area contributed by atoms with Crippen LogP contribution in [0.4, 0.5) is 0 Å². The second kappa shape index (κ2) is 6.24. The van der Waals surface area contributed by atoms with Gasteiger partial charge in [-0.05, 0) is 49.8 Å². The first-order valence-corrected chi connectivity index (χ1v) is 6.35. The molecule has 0 N–H and O–H groups in total. The number of hydrogen-bond acceptors (Lipinski definition) is 0. The lowest BCUT2D eigenvalue weighted by atomic mass is 10.0. The SMILES string of the molecule is Cc1ccc(CCCCc2cc[c]cc2)cc1. The molecule has 0 heteroatoms. The third-order valence-electron chi connectivity index (χ3n) is 3.09. The second-order valence-electron chi connectivity index (χ2n) is 4.60. The Morgan fingerprint density at radius 1 is 0.765 bits per heavy atom. The van der Waals surface area contributed by atoms with E-state index in [4.69, 9.17) is 0 Å². The topological polar surface area (TPSA) is 0 Å². The van der Waals surface area contributed by atoms with Crippen LogP contribution in [0.3, 0.4) is 0 Å². The first-order valence-electron chi connectivity index (χ1n) is 6.35. The summed E-state index contributed by atoms with van der Waals surface area (Å²) in [4.78, 5) is 0. The molecule has 2 aromatic rings. The van der Waals surface area contributed by atoms with Crippen LogP contribution in [0.15, 0.2) is 48.5 Å². The summed E-state index contributed by atoms with van der Waals surface area (Å²) in [6.45, 7) is 2.14. The lowest BCUT2D eigenvalue weighted by Crippen LogP contribution is -1.89. The summed E-state index contributed by atoms with van der Waals surface area (Å²) in [5.41, 5.74) is 4.22. The van der Waals surface area contributed by atoms with Crippen LogP contribution in [0.25, 0.3) is 0 Å². The van der Waals surface area contributed by atoms with Gasteiger partial charge in [0.15, 0.2) is 0 Å². The summed E-state index contributed by atoms with van der Waals surface area (Å²) >= 11 is 0. The van der Waals surface area contributed by atoms with E-state index >= 15 is 0 Å². The van der Waals surface area contributed by atoms with E-state index in [1.54, 1.807) is 0 Å². The zero-order valence-electron chi connectivity index (χ0n) is 10.4. The maximum absolute atomic E-state index is 3.05. The van der Waals surface area contributed by atoms with E-state index in [9.17, 15) is 0 Å². The van der Waals surface area contributed by atoms with Crippen molar-refractivity contribution in [1.29, 1.82) is 0 Å². The Bertz CT molecular complexity index is 425. The minimum atomic E-state index is 1.18. The van der Waals surface area contributed by atoms with E-state index in [2.05, 4.69) is 49.4 Å². The predicted molar refractivity (Wildman–Crippen MR) is 73.1 cm³/mol. The van der Waals surface area contributed by atoms with Gasteiger partial charge in [0.1, 0.15) is 0 Å². The average molecular weight is 223 g/mol. The van der Waals surface area contributed by atoms with Gasteiger partial charge in [-0.25, -0.2) is 0 Å². The van der Waals surface area contributed by atoms with Crippen LogP contribution in [-0.4, -0.2) is 0 Å². The normalized spacial score (nSPS) is 10.4. The summed E-state index contributed by atoms with van der Waals surface area (Å²) in [5.74, 6) is 0. The lowest BCUT2D eigenvalue weighted by Gasteiger charge is -2.03. The van der Waals surface area contributed by atoms with Crippen molar-refractivity contribution in [2.45, 2.75) is 32.6 Å². The van der Waals surface area contributed by atoms with E-state index in [1.807, 2.05) is 12.1 Å². The molecule has 2 rings (SSSR count). The van der Waals surface area contributed by atoms with E-state index < -0.39 is 0 Å². The molecular weight excluding hydrogens is 204 g/mol. The van der Waals surface area contributed by atoms with Crippen LogP contribution in [0.2, 0.25) is 0 Å². The Labute approximate surface area is 104 Å². The molecule has 1 radical (unpaired) electrons. The molecule has 0 bridgehead atoms. The van der Waals surface area contributed by atoms with Crippen molar-refractivity contribution in [3.8, 4) is 0 Å². The Morgan fingerprint density at radius 2 is 1.29 bits per heavy atom. The molecule has 0 fully saturated rings. The molecule has 0 unspecified atom stereocenters. The van der Waals surface area contributed by atoms with Gasteiger partial charge < -0.3 is 0 Å². The van der Waals surface area contributed by atoms with Crippen LogP contribution in [0, 0.1) is 13.0 Å². The molecule has 0 heterocycles. The molecule has 0 amide bonds. The van der Waals surface area contributed by atoms with Crippen LogP contribution in [0.1, 0.15) is 29.5 Å². The van der Waals surface area contributed by atoms with Gasteiger partial charge >= 0.3 is 0 Å². The smallest absolute Gasteiger partial charge is 0.0184 e. The summed E-state index contributed by atoms with van der Waals surface area (Å²) in [6, 6.07) is 20.2. The first-order chi connectivity index (χ1) is 8.34. The standard InChI is InChI=1S/C17H19/c1-15-11-13-17(14-12-15)10-6-5-9-16-7-3-2-4-8-16/h3-4,7-8,11-14H,5-6,9-10H2,1H3. The number of hydrogen-bond donors (Lipinski definition) is 0. The Hall–Kier alpha value is -1.56. The summed E-state index contributed by atoms with van der Waals surface area (Å²) < 4.78 is 0. The van der Waals surface area contributed by atoms with E-state index in [1.165, 1.54) is 42.4 Å². The van der Waals surface area contributed by atoms with Crippen molar-refractivity contribution in [2.24, 2.45) is 0 Å².